The third-order valence-corrected chi connectivity index (χ3v) is 54.9. The highest BCUT2D eigenvalue weighted by Crippen LogP contribution is 2.31. The van der Waals surface area contributed by atoms with Gasteiger partial charge in [0.05, 0.1) is 0 Å². The molecule has 0 aliphatic carbocycles. The molecule has 4 unspecified atom stereocenters. The topological polar surface area (TPSA) is 140 Å². The minimum Gasteiger partial charge on any atom is -0.458 e. The number of rotatable bonds is 19. The molecule has 1 fully saturated rings. The quantitative estimate of drug-likeness (QED) is 0.123. The van der Waals surface area contributed by atoms with Crippen molar-refractivity contribution in [1.29, 1.82) is 0 Å². The van der Waals surface area contributed by atoms with E-state index in [2.05, 4.69) is 118 Å². The van der Waals surface area contributed by atoms with Crippen molar-refractivity contribution in [3.8, 4) is 0 Å². The van der Waals surface area contributed by atoms with Crippen LogP contribution in [0.1, 0.15) is 0 Å². The van der Waals surface area contributed by atoms with Crippen molar-refractivity contribution in [3.05, 3.63) is 0 Å². The smallest absolute Gasteiger partial charge is 0.458 e. The third kappa shape index (κ3) is 32.3. The molecule has 0 spiro atoms. The van der Waals surface area contributed by atoms with Gasteiger partial charge in [-0.2, -0.15) is 0 Å². The van der Waals surface area contributed by atoms with Gasteiger partial charge < -0.3 is 59.5 Å². The Balaban J connectivity index is 0. The fraction of sp³-hybridized carbons (Fsp3) is 1.00. The molecule has 376 valence electrons. The molecule has 1 saturated heterocycles. The summed E-state index contributed by atoms with van der Waals surface area (Å²) in [5.41, 5.74) is 0. The Kier molecular flexibility index (Phi) is 28.6. The normalized spacial score (nSPS) is 29.0. The first-order valence-corrected chi connectivity index (χ1v) is 61.2. The van der Waals surface area contributed by atoms with Gasteiger partial charge in [0.25, 0.3) is 0 Å². The van der Waals surface area contributed by atoms with Crippen LogP contribution in [0.25, 0.3) is 0 Å². The van der Waals surface area contributed by atoms with Crippen LogP contribution in [0.4, 0.5) is 0 Å². The highest BCUT2D eigenvalue weighted by molar-refractivity contribution is 6.88. The van der Waals surface area contributed by atoms with Gasteiger partial charge in [-0.15, -0.1) is 0 Å². The fourth-order valence-electron chi connectivity index (χ4n) is 6.95. The molecule has 0 aromatic rings. The summed E-state index contributed by atoms with van der Waals surface area (Å²) in [5, 5.41) is 0. The lowest BCUT2D eigenvalue weighted by atomic mass is 10.9. The molecule has 0 saturated carbocycles. The standard InChI is InChI=1S/C13H36OSi4.C11H32O2Si4.C10H32O11Si6/c1-15(2)10-11-17(6,7)12-13-18(8,9)14-16(3,4)5;1-14(2)12-16(6,7)10-11-17(8,9)13-15(3,4)5;1-12-24(7)16-22(5)17-25(8,13-2)21-27(10,15-4)19-23(6,11)18-26(9,14-3)20-24/h15H,10-13H2,1-9H3;14H,10-11H2,1-9H3;11,22H,1-10H3. The van der Waals surface area contributed by atoms with Crippen LogP contribution < -0.4 is 0 Å². The van der Waals surface area contributed by atoms with E-state index in [1.807, 2.05) is 6.55 Å². The van der Waals surface area contributed by atoms with Crippen molar-refractivity contribution in [2.45, 2.75) is 193 Å². The molecule has 1 rings (SSSR count). The summed E-state index contributed by atoms with van der Waals surface area (Å²) in [6.07, 6.45) is 0. The van der Waals surface area contributed by atoms with E-state index in [1.54, 1.807) is 38.3 Å². The maximum absolute atomic E-state index is 10.8. The van der Waals surface area contributed by atoms with Gasteiger partial charge in [0.1, 0.15) is 0 Å². The van der Waals surface area contributed by atoms with Crippen LogP contribution >= 0.6 is 0 Å². The summed E-state index contributed by atoms with van der Waals surface area (Å²) in [4.78, 5) is 10.8. The molecule has 1 N–H and O–H groups in total. The third-order valence-electron chi connectivity index (χ3n) is 9.59. The summed E-state index contributed by atoms with van der Waals surface area (Å²) >= 11 is 0. The van der Waals surface area contributed by atoms with Gasteiger partial charge in [0.2, 0.25) is 0 Å². The van der Waals surface area contributed by atoms with Gasteiger partial charge in [-0.3, -0.25) is 0 Å². The minimum atomic E-state index is -3.79. The van der Waals surface area contributed by atoms with E-state index < -0.39 is 112 Å². The van der Waals surface area contributed by atoms with Gasteiger partial charge in [-0.05, 0) is 116 Å². The highest BCUT2D eigenvalue weighted by atomic mass is 28.5. The van der Waals surface area contributed by atoms with E-state index in [0.717, 1.165) is 0 Å². The van der Waals surface area contributed by atoms with Gasteiger partial charge in [0, 0.05) is 78.0 Å². The van der Waals surface area contributed by atoms with Crippen LogP contribution in [-0.4, -0.2) is 154 Å². The molecular weight excluding hydrogens is 1030 g/mol. The Bertz CT molecular complexity index is 1240. The molecule has 0 aromatic heterocycles. The summed E-state index contributed by atoms with van der Waals surface area (Å²) in [7, 11) is -22.6. The molecule has 1 aliphatic heterocycles. The zero-order valence-corrected chi connectivity index (χ0v) is 59.7. The Morgan fingerprint density at radius 2 is 0.806 bits per heavy atom. The van der Waals surface area contributed by atoms with Crippen molar-refractivity contribution < 1.29 is 59.5 Å². The first-order valence-electron chi connectivity index (χ1n) is 22.5. The van der Waals surface area contributed by atoms with E-state index in [9.17, 15) is 4.80 Å². The predicted molar refractivity (Wildman–Crippen MR) is 294 cm³/mol. The second kappa shape index (κ2) is 26.6. The van der Waals surface area contributed by atoms with Gasteiger partial charge in [-0.1, -0.05) is 44.3 Å². The molecular formula is C34H100O14Si14. The molecule has 62 heavy (non-hydrogen) atoms. The maximum atomic E-state index is 10.8. The molecule has 28 heteroatoms. The summed E-state index contributed by atoms with van der Waals surface area (Å²) < 4.78 is 76.9. The maximum Gasteiger partial charge on any atom is 0.482 e. The second-order valence-electron chi connectivity index (χ2n) is 22.3. The fourth-order valence-corrected chi connectivity index (χ4v) is 64.2. The molecule has 0 radical (unpaired) electrons. The molecule has 0 aromatic carbocycles. The van der Waals surface area contributed by atoms with Crippen LogP contribution in [0.5, 0.6) is 0 Å². The van der Waals surface area contributed by atoms with E-state index in [0.29, 0.717) is 0 Å². The van der Waals surface area contributed by atoms with E-state index in [1.165, 1.54) is 59.2 Å². The van der Waals surface area contributed by atoms with Gasteiger partial charge >= 0.3 is 53.3 Å². The molecule has 1 heterocycles. The predicted octanol–water partition coefficient (Wildman–Crippen LogP) is 9.86. The van der Waals surface area contributed by atoms with Crippen molar-refractivity contribution in [1.82, 2.24) is 0 Å². The lowest BCUT2D eigenvalue weighted by Gasteiger charge is -2.42. The second-order valence-corrected chi connectivity index (χ2v) is 72.8. The van der Waals surface area contributed by atoms with Crippen molar-refractivity contribution in [3.63, 3.8) is 0 Å². The van der Waals surface area contributed by atoms with Crippen molar-refractivity contribution in [2.24, 2.45) is 0 Å². The van der Waals surface area contributed by atoms with Crippen LogP contribution in [-0.2, 0) is 54.7 Å². The monoisotopic (exact) mass is 1120 g/mol. The van der Waals surface area contributed by atoms with Crippen molar-refractivity contribution in [2.75, 3.05) is 28.4 Å². The Morgan fingerprint density at radius 3 is 1.10 bits per heavy atom. The summed E-state index contributed by atoms with van der Waals surface area (Å²) in [6, 6.07) is 8.50. The van der Waals surface area contributed by atoms with E-state index in [4.69, 9.17) is 54.7 Å². The Hall–Kier alpha value is 2.48. The van der Waals surface area contributed by atoms with Crippen LogP contribution in [0.3, 0.4) is 0 Å². The molecule has 0 bridgehead atoms. The largest absolute Gasteiger partial charge is 0.482 e. The van der Waals surface area contributed by atoms with Gasteiger partial charge in [0.15, 0.2) is 50.6 Å². The summed E-state index contributed by atoms with van der Waals surface area (Å²) in [6.45, 7) is 52.8. The van der Waals surface area contributed by atoms with Gasteiger partial charge in [-0.25, -0.2) is 0 Å². The molecule has 1 aliphatic rings. The summed E-state index contributed by atoms with van der Waals surface area (Å²) in [5.74, 6) is 0. The average Bonchev–Trinajstić information content (AvgIpc) is 3.02. The number of hydrogen-bond donors (Lipinski definition) is 1. The molecule has 4 atom stereocenters. The van der Waals surface area contributed by atoms with Crippen LogP contribution in [0, 0.1) is 0 Å². The highest BCUT2D eigenvalue weighted by Gasteiger charge is 2.58. The zero-order chi connectivity index (χ0) is 49.7. The molecule has 14 nitrogen and oxygen atoms in total. The lowest BCUT2D eigenvalue weighted by molar-refractivity contribution is 0.0744. The minimum absolute atomic E-state index is 0.350. The molecule has 0 amide bonds. The Labute approximate surface area is 399 Å². The van der Waals surface area contributed by atoms with Crippen LogP contribution in [0.2, 0.25) is 193 Å². The van der Waals surface area contributed by atoms with E-state index in [-0.39, 0.29) is 8.80 Å². The van der Waals surface area contributed by atoms with Crippen LogP contribution in [0.15, 0.2) is 0 Å². The first kappa shape index (κ1) is 66.6. The first-order chi connectivity index (χ1) is 27.3. The SMILES string of the molecule is CO[Si]1(C)O[SiH](C)O[Si](C)(OC)O[Si](C)(OC)O[Si](C)(O)O[Si](C)(OC)O1.C[SiH](C)CC[Si](C)(C)CC[Si](C)(C)O[Si](C)(C)C.C[SiH](C)O[Si](C)(C)CC[Si](C)(C)O[Si](C)(C)C. The average molecular weight is 1130 g/mol. The van der Waals surface area contributed by atoms with Crippen molar-refractivity contribution >= 4 is 121 Å². The lowest BCUT2D eigenvalue weighted by Crippen LogP contribution is -2.67. The Morgan fingerprint density at radius 1 is 0.484 bits per heavy atom. The van der Waals surface area contributed by atoms with E-state index >= 15 is 0 Å². The zero-order valence-electron chi connectivity index (χ0n) is 45.2. The number of hydrogen-bond acceptors (Lipinski definition) is 14.